The smallest absolute Gasteiger partial charge is 0.192 e. The summed E-state index contributed by atoms with van der Waals surface area (Å²) in [7, 11) is 0.214. The van der Waals surface area contributed by atoms with Gasteiger partial charge in [0, 0.05) is 17.0 Å². The summed E-state index contributed by atoms with van der Waals surface area (Å²) >= 11 is 7.70. The Morgan fingerprint density at radius 3 is 2.58 bits per heavy atom. The maximum absolute atomic E-state index is 6.30. The maximum Gasteiger partial charge on any atom is 0.192 e. The molecule has 3 nitrogen and oxygen atoms in total. The number of imidazole rings is 1. The highest BCUT2D eigenvalue weighted by Crippen LogP contribution is 2.37. The van der Waals surface area contributed by atoms with E-state index in [0.29, 0.717) is 6.61 Å². The fraction of sp³-hybridized carbons (Fsp3) is 0.444. The van der Waals surface area contributed by atoms with E-state index < -0.39 is 8.32 Å². The van der Waals surface area contributed by atoms with Crippen LogP contribution < -0.4 is 0 Å². The molecule has 1 aromatic carbocycles. The quantitative estimate of drug-likeness (QED) is 0.600. The van der Waals surface area contributed by atoms with Crippen LogP contribution in [0, 0.1) is 6.92 Å². The molecule has 0 bridgehead atoms. The van der Waals surface area contributed by atoms with E-state index in [2.05, 4.69) is 50.3 Å². The fourth-order valence-electron chi connectivity index (χ4n) is 1.95. The highest BCUT2D eigenvalue weighted by molar-refractivity contribution is 7.99. The van der Waals surface area contributed by atoms with E-state index in [1.807, 2.05) is 31.3 Å². The molecule has 0 atom stereocenters. The first-order valence-electron chi connectivity index (χ1n) is 7.96. The van der Waals surface area contributed by atoms with Gasteiger partial charge in [0.05, 0.1) is 12.3 Å². The molecule has 0 aliphatic heterocycles. The molecule has 0 fully saturated rings. The van der Waals surface area contributed by atoms with Gasteiger partial charge in [-0.1, -0.05) is 50.2 Å². The van der Waals surface area contributed by atoms with E-state index in [1.165, 1.54) is 0 Å². The lowest BCUT2D eigenvalue weighted by Gasteiger charge is -2.36. The molecule has 0 aliphatic rings. The number of nitrogens with zero attached hydrogens (tertiary/aromatic N) is 2. The van der Waals surface area contributed by atoms with E-state index in [-0.39, 0.29) is 5.04 Å². The van der Waals surface area contributed by atoms with E-state index in [4.69, 9.17) is 16.0 Å². The fourth-order valence-corrected chi connectivity index (χ4v) is 4.09. The van der Waals surface area contributed by atoms with E-state index in [0.717, 1.165) is 26.5 Å². The molecule has 1 heterocycles. The molecule has 0 N–H and O–H groups in total. The maximum atomic E-state index is 6.30. The summed E-state index contributed by atoms with van der Waals surface area (Å²) in [6.07, 6.45) is 0. The predicted octanol–water partition coefficient (Wildman–Crippen LogP) is 5.93. The van der Waals surface area contributed by atoms with Gasteiger partial charge < -0.3 is 8.99 Å². The topological polar surface area (TPSA) is 27.1 Å². The van der Waals surface area contributed by atoms with Crippen LogP contribution in [0.25, 0.3) is 0 Å². The zero-order valence-electron chi connectivity index (χ0n) is 15.3. The Balaban J connectivity index is 2.17. The number of hydrogen-bond acceptors (Lipinski definition) is 3. The lowest BCUT2D eigenvalue weighted by Crippen LogP contribution is -2.40. The van der Waals surface area contributed by atoms with Crippen molar-refractivity contribution in [1.82, 2.24) is 9.55 Å². The van der Waals surface area contributed by atoms with Crippen LogP contribution in [0.5, 0.6) is 0 Å². The minimum Gasteiger partial charge on any atom is -0.409 e. The van der Waals surface area contributed by atoms with Gasteiger partial charge in [-0.3, -0.25) is 0 Å². The predicted molar refractivity (Wildman–Crippen MR) is 105 cm³/mol. The van der Waals surface area contributed by atoms with Gasteiger partial charge in [-0.2, -0.15) is 0 Å². The molecule has 1 aromatic heterocycles. The molecule has 0 amide bonds. The van der Waals surface area contributed by atoms with E-state index in [9.17, 15) is 0 Å². The summed E-state index contributed by atoms with van der Waals surface area (Å²) in [4.78, 5) is 5.69. The second-order valence-corrected chi connectivity index (χ2v) is 13.8. The van der Waals surface area contributed by atoms with Gasteiger partial charge >= 0.3 is 0 Å². The third kappa shape index (κ3) is 4.45. The number of hydrogen-bond donors (Lipinski definition) is 0. The SMILES string of the molecule is [CH2]c1nc(CO[Si](C)(C)C(C)(C)C)n(C)c1Sc1cccc(Cl)c1. The summed E-state index contributed by atoms with van der Waals surface area (Å²) in [6, 6.07) is 7.81. The normalized spacial score (nSPS) is 12.7. The van der Waals surface area contributed by atoms with Crippen LogP contribution in [-0.2, 0) is 18.1 Å². The summed E-state index contributed by atoms with van der Waals surface area (Å²) < 4.78 is 8.37. The molecule has 0 saturated heterocycles. The van der Waals surface area contributed by atoms with Crippen LogP contribution in [0.4, 0.5) is 0 Å². The highest BCUT2D eigenvalue weighted by Gasteiger charge is 2.37. The molecule has 2 rings (SSSR count). The standard InChI is InChI=1S/C18H26ClN2OSSi/c1-13-17(23-15-10-8-9-14(19)11-15)21(5)16(20-13)12-22-24(6,7)18(2,3)4/h8-11H,1,12H2,2-7H3. The summed E-state index contributed by atoms with van der Waals surface area (Å²) in [5, 5.41) is 1.93. The van der Waals surface area contributed by atoms with Crippen molar-refractivity contribution in [2.75, 3.05) is 0 Å². The minimum absolute atomic E-state index is 0.184. The second kappa shape index (κ2) is 7.24. The van der Waals surface area contributed by atoms with Crippen LogP contribution >= 0.6 is 23.4 Å². The highest BCUT2D eigenvalue weighted by atomic mass is 35.5. The molecule has 131 valence electrons. The molecule has 6 heteroatoms. The van der Waals surface area contributed by atoms with Crippen LogP contribution in [-0.4, -0.2) is 17.9 Å². The van der Waals surface area contributed by atoms with Crippen molar-refractivity contribution in [3.63, 3.8) is 0 Å². The molecule has 0 saturated carbocycles. The first-order chi connectivity index (χ1) is 11.0. The van der Waals surface area contributed by atoms with Crippen molar-refractivity contribution in [2.24, 2.45) is 7.05 Å². The zero-order chi connectivity index (χ0) is 18.1. The third-order valence-corrected chi connectivity index (χ3v) is 10.5. The summed E-state index contributed by atoms with van der Waals surface area (Å²) in [6.45, 7) is 15.8. The number of benzene rings is 1. The number of halogens is 1. The minimum atomic E-state index is -1.80. The van der Waals surface area contributed by atoms with Crippen LogP contribution in [0.3, 0.4) is 0 Å². The second-order valence-electron chi connectivity index (χ2n) is 7.45. The molecule has 0 unspecified atom stereocenters. The molecule has 0 aliphatic carbocycles. The molecule has 1 radical (unpaired) electrons. The van der Waals surface area contributed by atoms with Crippen LogP contribution in [0.1, 0.15) is 32.3 Å². The average Bonchev–Trinajstić information content (AvgIpc) is 2.72. The number of aromatic nitrogens is 2. The van der Waals surface area contributed by atoms with Crippen molar-refractivity contribution < 1.29 is 4.43 Å². The summed E-state index contributed by atoms with van der Waals surface area (Å²) in [5.41, 5.74) is 0.774. The van der Waals surface area contributed by atoms with Gasteiger partial charge in [-0.15, -0.1) is 0 Å². The monoisotopic (exact) mass is 381 g/mol. The molecular weight excluding hydrogens is 356 g/mol. The van der Waals surface area contributed by atoms with Gasteiger partial charge in [0.2, 0.25) is 0 Å². The first kappa shape index (κ1) is 19.6. The lowest BCUT2D eigenvalue weighted by atomic mass is 10.2. The zero-order valence-corrected chi connectivity index (χ0v) is 17.9. The van der Waals surface area contributed by atoms with Crippen LogP contribution in [0.15, 0.2) is 34.2 Å². The Hall–Kier alpha value is -0.753. The van der Waals surface area contributed by atoms with Crippen molar-refractivity contribution in [1.29, 1.82) is 0 Å². The molecule has 0 spiro atoms. The Labute approximate surface area is 155 Å². The lowest BCUT2D eigenvalue weighted by molar-refractivity contribution is 0.263. The number of rotatable bonds is 5. The molecule has 24 heavy (non-hydrogen) atoms. The average molecular weight is 382 g/mol. The Kier molecular flexibility index (Phi) is 5.90. The van der Waals surface area contributed by atoms with Gasteiger partial charge in [0.1, 0.15) is 10.9 Å². The first-order valence-corrected chi connectivity index (χ1v) is 12.1. The van der Waals surface area contributed by atoms with Crippen molar-refractivity contribution >= 4 is 31.7 Å². The molecular formula is C18H26ClN2OSSi. The largest absolute Gasteiger partial charge is 0.409 e. The third-order valence-electron chi connectivity index (χ3n) is 4.58. The van der Waals surface area contributed by atoms with Crippen LogP contribution in [0.2, 0.25) is 23.2 Å². The van der Waals surface area contributed by atoms with Gasteiger partial charge in [-0.05, 0) is 43.3 Å². The van der Waals surface area contributed by atoms with E-state index >= 15 is 0 Å². The Bertz CT molecular complexity index is 722. The van der Waals surface area contributed by atoms with E-state index in [1.54, 1.807) is 11.8 Å². The Morgan fingerprint density at radius 2 is 2.00 bits per heavy atom. The van der Waals surface area contributed by atoms with Crippen molar-refractivity contribution in [3.05, 3.63) is 47.7 Å². The van der Waals surface area contributed by atoms with Crippen molar-refractivity contribution in [3.8, 4) is 0 Å². The Morgan fingerprint density at radius 1 is 1.33 bits per heavy atom. The molecule has 2 aromatic rings. The summed E-state index contributed by atoms with van der Waals surface area (Å²) in [5.74, 6) is 0.911. The van der Waals surface area contributed by atoms with Gasteiger partial charge in [-0.25, -0.2) is 4.98 Å². The van der Waals surface area contributed by atoms with Gasteiger partial charge in [0.25, 0.3) is 0 Å². The van der Waals surface area contributed by atoms with Gasteiger partial charge in [0.15, 0.2) is 8.32 Å². The van der Waals surface area contributed by atoms with Crippen molar-refractivity contribution in [2.45, 2.75) is 55.4 Å².